The van der Waals surface area contributed by atoms with Crippen LogP contribution in [0.3, 0.4) is 0 Å². The summed E-state index contributed by atoms with van der Waals surface area (Å²) in [6.45, 7) is 5.60. The molecule has 1 unspecified atom stereocenters. The zero-order valence-corrected chi connectivity index (χ0v) is 14.8. The summed E-state index contributed by atoms with van der Waals surface area (Å²) in [5.74, 6) is 0.207. The molecule has 0 bridgehead atoms. The number of anilines is 1. The van der Waals surface area contributed by atoms with Crippen LogP contribution in [-0.4, -0.2) is 40.1 Å². The molecule has 5 nitrogen and oxygen atoms in total. The molecule has 3 rings (SSSR count). The number of H-pyrrole nitrogens is 1. The van der Waals surface area contributed by atoms with Crippen molar-refractivity contribution in [2.45, 2.75) is 39.2 Å². The van der Waals surface area contributed by atoms with Crippen LogP contribution in [0.25, 0.3) is 0 Å². The number of piperidine rings is 1. The third-order valence-electron chi connectivity index (χ3n) is 4.38. The van der Waals surface area contributed by atoms with Crippen molar-refractivity contribution in [3.05, 3.63) is 47.5 Å². The van der Waals surface area contributed by atoms with E-state index < -0.39 is 0 Å². The number of rotatable bonds is 5. The lowest BCUT2D eigenvalue weighted by Crippen LogP contribution is -2.45. The zero-order valence-electron chi connectivity index (χ0n) is 14.8. The highest BCUT2D eigenvalue weighted by molar-refractivity contribution is 5.92. The van der Waals surface area contributed by atoms with E-state index in [1.54, 1.807) is 6.07 Å². The van der Waals surface area contributed by atoms with Gasteiger partial charge in [-0.2, -0.15) is 5.10 Å². The van der Waals surface area contributed by atoms with Crippen LogP contribution in [-0.2, 0) is 6.42 Å². The number of amides is 1. The van der Waals surface area contributed by atoms with Gasteiger partial charge in [0.2, 0.25) is 0 Å². The van der Waals surface area contributed by atoms with Gasteiger partial charge in [-0.1, -0.05) is 19.9 Å². The number of carbonyl (C=O) groups excluding carboxylic acids is 1. The molecule has 2 N–H and O–H groups in total. The summed E-state index contributed by atoms with van der Waals surface area (Å²) < 4.78 is 13.3. The molecule has 1 aliphatic heterocycles. The Morgan fingerprint density at radius 2 is 2.28 bits per heavy atom. The Bertz CT molecular complexity index is 728. The maximum Gasteiger partial charge on any atom is 0.274 e. The minimum atomic E-state index is -0.261. The van der Waals surface area contributed by atoms with Crippen LogP contribution in [0.4, 0.5) is 10.1 Å². The van der Waals surface area contributed by atoms with Crippen molar-refractivity contribution in [1.82, 2.24) is 15.1 Å². The molecule has 134 valence electrons. The van der Waals surface area contributed by atoms with Gasteiger partial charge in [-0.05, 0) is 49.4 Å². The van der Waals surface area contributed by atoms with Gasteiger partial charge in [-0.25, -0.2) is 4.39 Å². The van der Waals surface area contributed by atoms with Crippen molar-refractivity contribution in [3.63, 3.8) is 0 Å². The van der Waals surface area contributed by atoms with Crippen molar-refractivity contribution < 1.29 is 9.18 Å². The molecule has 2 aromatic rings. The average Bonchev–Trinajstić information content (AvgIpc) is 3.02. The van der Waals surface area contributed by atoms with E-state index in [1.807, 2.05) is 17.0 Å². The zero-order chi connectivity index (χ0) is 17.8. The van der Waals surface area contributed by atoms with Crippen LogP contribution in [0.5, 0.6) is 0 Å². The summed E-state index contributed by atoms with van der Waals surface area (Å²) in [6, 6.07) is 8.40. The fourth-order valence-electron chi connectivity index (χ4n) is 3.27. The van der Waals surface area contributed by atoms with Crippen LogP contribution < -0.4 is 5.32 Å². The van der Waals surface area contributed by atoms with Crippen LogP contribution in [0.15, 0.2) is 30.3 Å². The van der Waals surface area contributed by atoms with Gasteiger partial charge in [-0.15, -0.1) is 0 Å². The number of nitrogens with one attached hydrogen (secondary N) is 2. The molecular weight excluding hydrogens is 319 g/mol. The topological polar surface area (TPSA) is 61.0 Å². The highest BCUT2D eigenvalue weighted by Gasteiger charge is 2.26. The van der Waals surface area contributed by atoms with Gasteiger partial charge in [0.15, 0.2) is 0 Å². The number of aromatic amines is 1. The van der Waals surface area contributed by atoms with Gasteiger partial charge in [0, 0.05) is 30.5 Å². The molecule has 25 heavy (non-hydrogen) atoms. The summed E-state index contributed by atoms with van der Waals surface area (Å²) >= 11 is 0. The second-order valence-electron chi connectivity index (χ2n) is 7.12. The lowest BCUT2D eigenvalue weighted by Gasteiger charge is -2.33. The van der Waals surface area contributed by atoms with E-state index in [1.165, 1.54) is 12.1 Å². The molecule has 0 aliphatic carbocycles. The highest BCUT2D eigenvalue weighted by Crippen LogP contribution is 2.19. The van der Waals surface area contributed by atoms with Crippen molar-refractivity contribution in [2.75, 3.05) is 18.4 Å². The molecule has 1 fully saturated rings. The largest absolute Gasteiger partial charge is 0.380 e. The number of halogens is 1. The van der Waals surface area contributed by atoms with Crippen molar-refractivity contribution in [1.29, 1.82) is 0 Å². The first-order valence-corrected chi connectivity index (χ1v) is 8.87. The third-order valence-corrected chi connectivity index (χ3v) is 4.38. The fraction of sp³-hybridized carbons (Fsp3) is 0.474. The predicted octanol–water partition coefficient (Wildman–Crippen LogP) is 3.46. The van der Waals surface area contributed by atoms with Gasteiger partial charge in [0.1, 0.15) is 11.5 Å². The molecule has 0 radical (unpaired) electrons. The molecule has 1 amide bonds. The third kappa shape index (κ3) is 4.59. The molecule has 1 saturated heterocycles. The molecule has 0 spiro atoms. The SMILES string of the molecule is CC(C)Cc1cc(C(=O)N2CCCC(Nc3cccc(F)c3)C2)n[nH]1. The number of nitrogens with zero attached hydrogens (tertiary/aromatic N) is 2. The average molecular weight is 344 g/mol. The van der Waals surface area contributed by atoms with Crippen LogP contribution in [0.2, 0.25) is 0 Å². The first-order chi connectivity index (χ1) is 12.0. The first kappa shape index (κ1) is 17.5. The second-order valence-corrected chi connectivity index (χ2v) is 7.12. The molecule has 1 aromatic heterocycles. The van der Waals surface area contributed by atoms with Gasteiger partial charge in [0.05, 0.1) is 0 Å². The van der Waals surface area contributed by atoms with E-state index in [0.29, 0.717) is 18.2 Å². The Kier molecular flexibility index (Phi) is 5.36. The summed E-state index contributed by atoms with van der Waals surface area (Å²) in [5, 5.41) is 10.5. The number of hydrogen-bond acceptors (Lipinski definition) is 3. The highest BCUT2D eigenvalue weighted by atomic mass is 19.1. The molecule has 1 aromatic carbocycles. The smallest absolute Gasteiger partial charge is 0.274 e. The Hall–Kier alpha value is -2.37. The van der Waals surface area contributed by atoms with Gasteiger partial charge < -0.3 is 10.2 Å². The lowest BCUT2D eigenvalue weighted by molar-refractivity contribution is 0.0709. The minimum absolute atomic E-state index is 0.0444. The molecule has 0 saturated carbocycles. The van der Waals surface area contributed by atoms with Crippen molar-refractivity contribution in [2.24, 2.45) is 5.92 Å². The summed E-state index contributed by atoms with van der Waals surface area (Å²) in [6.07, 6.45) is 2.76. The molecule has 6 heteroatoms. The maximum absolute atomic E-state index is 13.3. The van der Waals surface area contributed by atoms with Gasteiger partial charge in [0.25, 0.3) is 5.91 Å². The van der Waals surface area contributed by atoms with Crippen molar-refractivity contribution in [3.8, 4) is 0 Å². The Morgan fingerprint density at radius 1 is 1.44 bits per heavy atom. The fourth-order valence-corrected chi connectivity index (χ4v) is 3.27. The van der Waals surface area contributed by atoms with E-state index in [-0.39, 0.29) is 17.8 Å². The van der Waals surface area contributed by atoms with E-state index in [4.69, 9.17) is 0 Å². The van der Waals surface area contributed by atoms with E-state index >= 15 is 0 Å². The first-order valence-electron chi connectivity index (χ1n) is 8.87. The van der Waals surface area contributed by atoms with E-state index in [9.17, 15) is 9.18 Å². The Labute approximate surface area is 147 Å². The summed E-state index contributed by atoms with van der Waals surface area (Å²) in [7, 11) is 0. The number of carbonyl (C=O) groups is 1. The molecule has 1 aliphatic rings. The lowest BCUT2D eigenvalue weighted by atomic mass is 10.0. The second kappa shape index (κ2) is 7.68. The van der Waals surface area contributed by atoms with Crippen LogP contribution >= 0.6 is 0 Å². The maximum atomic E-state index is 13.3. The number of benzene rings is 1. The summed E-state index contributed by atoms with van der Waals surface area (Å²) in [4.78, 5) is 14.5. The van der Waals surface area contributed by atoms with E-state index in [2.05, 4.69) is 29.4 Å². The normalized spacial score (nSPS) is 17.8. The predicted molar refractivity (Wildman–Crippen MR) is 96.1 cm³/mol. The minimum Gasteiger partial charge on any atom is -0.380 e. The van der Waals surface area contributed by atoms with Gasteiger partial charge >= 0.3 is 0 Å². The van der Waals surface area contributed by atoms with E-state index in [0.717, 1.165) is 37.2 Å². The van der Waals surface area contributed by atoms with Gasteiger partial charge in [-0.3, -0.25) is 9.89 Å². The Morgan fingerprint density at radius 3 is 3.04 bits per heavy atom. The number of hydrogen-bond donors (Lipinski definition) is 2. The van der Waals surface area contributed by atoms with Crippen molar-refractivity contribution >= 4 is 11.6 Å². The molecule has 1 atom stereocenters. The standard InChI is InChI=1S/C19H25FN4O/c1-13(2)9-17-11-18(23-22-17)19(25)24-8-4-7-16(12-24)21-15-6-3-5-14(20)10-15/h3,5-6,10-11,13,16,21H,4,7-9,12H2,1-2H3,(H,22,23). The number of likely N-dealkylation sites (tertiary alicyclic amines) is 1. The molecule has 2 heterocycles. The Balaban J connectivity index is 1.62. The summed E-state index contributed by atoms with van der Waals surface area (Å²) in [5.41, 5.74) is 2.21. The van der Waals surface area contributed by atoms with Crippen LogP contribution in [0, 0.1) is 11.7 Å². The molecular formula is C19H25FN4O. The van der Waals surface area contributed by atoms with Crippen LogP contribution in [0.1, 0.15) is 42.9 Å². The number of aromatic nitrogens is 2. The quantitative estimate of drug-likeness (QED) is 0.873. The monoisotopic (exact) mass is 344 g/mol.